The Hall–Kier alpha value is -5.91. The molecule has 2 amide bonds. The third-order valence-electron chi connectivity index (χ3n) is 10.9. The van der Waals surface area contributed by atoms with Crippen molar-refractivity contribution in [2.75, 3.05) is 18.5 Å². The van der Waals surface area contributed by atoms with E-state index in [-0.39, 0.29) is 36.2 Å². The van der Waals surface area contributed by atoms with E-state index in [2.05, 4.69) is 39.2 Å². The molecule has 11 heteroatoms. The van der Waals surface area contributed by atoms with E-state index in [9.17, 15) is 18.4 Å². The van der Waals surface area contributed by atoms with Crippen LogP contribution in [0.4, 0.5) is 19.3 Å². The largest absolute Gasteiger partial charge is 0.446 e. The molecule has 0 radical (unpaired) electrons. The highest BCUT2D eigenvalue weighted by Gasteiger charge is 2.44. The molecule has 0 aromatic heterocycles. The SMILES string of the molecule is CC(C)(C)[Si](C)(C)OC/C(=C\C[C@@H](C(=O)N1C(=O)OC[C@@H]1c1ccccc1)[C@H](Nc1ccc(F)cc1)c1ccc(OC(=O)c2ccccc2)cc1)c1ccc(F)cc1. The Labute approximate surface area is 339 Å². The van der Waals surface area contributed by atoms with E-state index in [0.29, 0.717) is 16.8 Å². The van der Waals surface area contributed by atoms with Crippen molar-refractivity contribution in [3.63, 3.8) is 0 Å². The van der Waals surface area contributed by atoms with Gasteiger partial charge in [-0.25, -0.2) is 23.3 Å². The molecule has 5 aromatic carbocycles. The van der Waals surface area contributed by atoms with Gasteiger partial charge in [0, 0.05) is 5.69 Å². The minimum atomic E-state index is -2.27. The number of ether oxygens (including phenoxy) is 2. The van der Waals surface area contributed by atoms with Crippen molar-refractivity contribution in [3.05, 3.63) is 173 Å². The number of carbonyl (C=O) groups excluding carboxylic acids is 3. The Balaban J connectivity index is 1.44. The first-order chi connectivity index (χ1) is 27.7. The molecule has 1 aliphatic heterocycles. The van der Waals surface area contributed by atoms with Crippen molar-refractivity contribution < 1.29 is 37.1 Å². The fourth-order valence-corrected chi connectivity index (χ4v) is 7.39. The number of anilines is 1. The topological polar surface area (TPSA) is 94.2 Å². The highest BCUT2D eigenvalue weighted by Crippen LogP contribution is 2.39. The first kappa shape index (κ1) is 41.7. The minimum Gasteiger partial charge on any atom is -0.446 e. The number of amides is 2. The molecule has 1 aliphatic rings. The van der Waals surface area contributed by atoms with Crippen LogP contribution in [0, 0.1) is 17.6 Å². The number of halogens is 2. The number of cyclic esters (lactones) is 1. The van der Waals surface area contributed by atoms with Crippen LogP contribution < -0.4 is 10.1 Å². The summed E-state index contributed by atoms with van der Waals surface area (Å²) in [5.41, 5.74) is 3.74. The lowest BCUT2D eigenvalue weighted by molar-refractivity contribution is -0.134. The molecule has 0 unspecified atom stereocenters. The fourth-order valence-electron chi connectivity index (χ4n) is 6.44. The molecule has 1 N–H and O–H groups in total. The maximum absolute atomic E-state index is 15.2. The molecule has 1 fully saturated rings. The van der Waals surface area contributed by atoms with E-state index in [1.54, 1.807) is 78.9 Å². The lowest BCUT2D eigenvalue weighted by Crippen LogP contribution is -2.42. The zero-order chi connectivity index (χ0) is 41.5. The van der Waals surface area contributed by atoms with Crippen molar-refractivity contribution in [3.8, 4) is 5.75 Å². The summed E-state index contributed by atoms with van der Waals surface area (Å²) >= 11 is 0. The van der Waals surface area contributed by atoms with Gasteiger partial charge in [-0.05, 0) is 107 Å². The molecule has 0 bridgehead atoms. The fraction of sp³-hybridized carbons (Fsp3) is 0.255. The number of hydrogen-bond acceptors (Lipinski definition) is 7. The molecule has 0 spiro atoms. The number of allylic oxidation sites excluding steroid dienone is 1. The number of imide groups is 1. The normalized spacial score (nSPS) is 15.7. The van der Waals surface area contributed by atoms with Crippen LogP contribution >= 0.6 is 0 Å². The van der Waals surface area contributed by atoms with E-state index in [1.165, 1.54) is 29.2 Å². The molecule has 6 rings (SSSR count). The van der Waals surface area contributed by atoms with Crippen molar-refractivity contribution in [2.24, 2.45) is 5.92 Å². The summed E-state index contributed by atoms with van der Waals surface area (Å²) in [5, 5.41) is 3.36. The van der Waals surface area contributed by atoms with Crippen LogP contribution in [0.25, 0.3) is 5.57 Å². The van der Waals surface area contributed by atoms with Crippen LogP contribution in [0.15, 0.2) is 140 Å². The quantitative estimate of drug-likeness (QED) is 0.0679. The predicted molar refractivity (Wildman–Crippen MR) is 224 cm³/mol. The number of carbonyl (C=O) groups is 3. The van der Waals surface area contributed by atoms with Crippen molar-refractivity contribution >= 4 is 37.5 Å². The molecule has 8 nitrogen and oxygen atoms in total. The zero-order valence-electron chi connectivity index (χ0n) is 33.3. The van der Waals surface area contributed by atoms with Crippen LogP contribution in [-0.2, 0) is 14.0 Å². The molecule has 58 heavy (non-hydrogen) atoms. The number of benzene rings is 5. The van der Waals surface area contributed by atoms with Gasteiger partial charge in [-0.1, -0.05) is 99.6 Å². The number of nitrogens with one attached hydrogen (secondary N) is 1. The lowest BCUT2D eigenvalue weighted by atomic mass is 9.87. The highest BCUT2D eigenvalue weighted by molar-refractivity contribution is 6.74. The van der Waals surface area contributed by atoms with E-state index >= 15 is 4.79 Å². The summed E-state index contributed by atoms with van der Waals surface area (Å²) in [4.78, 5) is 42.7. The molecule has 300 valence electrons. The second-order valence-electron chi connectivity index (χ2n) is 15.8. The average molecular weight is 803 g/mol. The van der Waals surface area contributed by atoms with Crippen LogP contribution in [0.3, 0.4) is 0 Å². The van der Waals surface area contributed by atoms with E-state index < -0.39 is 50.1 Å². The second-order valence-corrected chi connectivity index (χ2v) is 20.6. The molecule has 0 aliphatic carbocycles. The lowest BCUT2D eigenvalue weighted by Gasteiger charge is -2.36. The zero-order valence-corrected chi connectivity index (χ0v) is 34.3. The minimum absolute atomic E-state index is 0.0180. The van der Waals surface area contributed by atoms with Crippen molar-refractivity contribution in [1.29, 1.82) is 0 Å². The van der Waals surface area contributed by atoms with E-state index in [4.69, 9.17) is 13.9 Å². The van der Waals surface area contributed by atoms with E-state index in [1.807, 2.05) is 36.4 Å². The van der Waals surface area contributed by atoms with Gasteiger partial charge >= 0.3 is 12.1 Å². The Morgan fingerprint density at radius 1 is 0.828 bits per heavy atom. The third kappa shape index (κ3) is 10.1. The van der Waals surface area contributed by atoms with Gasteiger partial charge < -0.3 is 19.2 Å². The second kappa shape index (κ2) is 18.1. The standard InChI is InChI=1S/C47H48F2N2O6Si/c1-47(2,3)58(4,5)56-30-36(32-16-21-37(48)22-17-32)20-29-41(44(52)51-42(31-55-46(51)54)33-12-8-6-9-13-33)43(50-39-25-23-38(49)24-26-39)34-18-27-40(28-19-34)57-45(53)35-14-10-7-11-15-35/h6-28,41-43,50H,29-31H2,1-5H3/b36-20+/t41-,42-,43-/m1/s1. The summed E-state index contributed by atoms with van der Waals surface area (Å²) < 4.78 is 46.2. The Morgan fingerprint density at radius 2 is 1.41 bits per heavy atom. The summed E-state index contributed by atoms with van der Waals surface area (Å²) in [5.74, 6) is -2.53. The smallest absolute Gasteiger partial charge is 0.417 e. The van der Waals surface area contributed by atoms with E-state index in [0.717, 1.165) is 16.7 Å². The Kier molecular flexibility index (Phi) is 13.0. The molecule has 5 aromatic rings. The Bertz CT molecular complexity index is 2210. The van der Waals surface area contributed by atoms with Gasteiger partial charge in [-0.15, -0.1) is 0 Å². The maximum Gasteiger partial charge on any atom is 0.417 e. The number of esters is 1. The number of rotatable bonds is 14. The van der Waals surface area contributed by atoms with Gasteiger partial charge in [0.2, 0.25) is 5.91 Å². The molecule has 0 saturated carbocycles. The van der Waals surface area contributed by atoms with Crippen LogP contribution in [0.1, 0.15) is 66.3 Å². The summed E-state index contributed by atoms with van der Waals surface area (Å²) in [7, 11) is -2.27. The summed E-state index contributed by atoms with van der Waals surface area (Å²) in [6.45, 7) is 10.9. The van der Waals surface area contributed by atoms with Gasteiger partial charge in [0.25, 0.3) is 0 Å². The number of hydrogen-bond donors (Lipinski definition) is 1. The van der Waals surface area contributed by atoms with Gasteiger partial charge in [0.1, 0.15) is 30.0 Å². The van der Waals surface area contributed by atoms with Gasteiger partial charge in [0.15, 0.2) is 8.32 Å². The Morgan fingerprint density at radius 3 is 2.02 bits per heavy atom. The summed E-state index contributed by atoms with van der Waals surface area (Å²) in [6.07, 6.45) is 1.25. The van der Waals surface area contributed by atoms with Gasteiger partial charge in [-0.2, -0.15) is 0 Å². The van der Waals surface area contributed by atoms with Crippen LogP contribution in [0.2, 0.25) is 18.1 Å². The monoisotopic (exact) mass is 802 g/mol. The molecule has 3 atom stereocenters. The molecule has 1 heterocycles. The van der Waals surface area contributed by atoms with Gasteiger partial charge in [-0.3, -0.25) is 4.79 Å². The van der Waals surface area contributed by atoms with Crippen LogP contribution in [0.5, 0.6) is 5.75 Å². The van der Waals surface area contributed by atoms with Crippen molar-refractivity contribution in [2.45, 2.75) is 57.4 Å². The average Bonchev–Trinajstić information content (AvgIpc) is 3.61. The first-order valence-corrected chi connectivity index (χ1v) is 22.1. The number of nitrogens with zero attached hydrogens (tertiary/aromatic N) is 1. The van der Waals surface area contributed by atoms with Gasteiger partial charge in [0.05, 0.1) is 24.1 Å². The van der Waals surface area contributed by atoms with Crippen molar-refractivity contribution in [1.82, 2.24) is 4.90 Å². The molecular weight excluding hydrogens is 755 g/mol. The molecule has 1 saturated heterocycles. The first-order valence-electron chi connectivity index (χ1n) is 19.2. The predicted octanol–water partition coefficient (Wildman–Crippen LogP) is 11.2. The third-order valence-corrected chi connectivity index (χ3v) is 15.3. The summed E-state index contributed by atoms with van der Waals surface area (Å²) in [6, 6.07) is 35.0. The highest BCUT2D eigenvalue weighted by atomic mass is 28.4. The molecular formula is C47H48F2N2O6Si. The maximum atomic E-state index is 15.2. The van der Waals surface area contributed by atoms with Crippen LogP contribution in [-0.4, -0.2) is 44.4 Å².